The van der Waals surface area contributed by atoms with Crippen LogP contribution in [0.25, 0.3) is 33.1 Å². The Bertz CT molecular complexity index is 1340. The van der Waals surface area contributed by atoms with Gasteiger partial charge in [0.25, 0.3) is 0 Å². The van der Waals surface area contributed by atoms with Gasteiger partial charge < -0.3 is 20.1 Å². The molecule has 0 saturated carbocycles. The smallest absolute Gasteiger partial charge is 0.321 e. The second-order valence-corrected chi connectivity index (χ2v) is 8.52. The number of aromatic amines is 1. The maximum atomic E-state index is 13.0. The molecule has 1 atom stereocenters. The number of urea groups is 1. The number of nitrogens with one attached hydrogen (secondary N) is 2. The van der Waals surface area contributed by atoms with E-state index in [0.29, 0.717) is 31.9 Å². The first-order valence-corrected chi connectivity index (χ1v) is 11.6. The number of amides is 3. The number of likely N-dealkylation sites (tertiary alicyclic amines) is 1. The quantitative estimate of drug-likeness (QED) is 0.489. The highest BCUT2D eigenvalue weighted by molar-refractivity contribution is 6.07. The summed E-state index contributed by atoms with van der Waals surface area (Å²) in [4.78, 5) is 42.2. The van der Waals surface area contributed by atoms with Crippen molar-refractivity contribution in [2.75, 3.05) is 31.5 Å². The van der Waals surface area contributed by atoms with Crippen LogP contribution in [0.5, 0.6) is 0 Å². The predicted octanol–water partition coefficient (Wildman–Crippen LogP) is 4.38. The molecule has 4 aromatic rings. The van der Waals surface area contributed by atoms with Crippen molar-refractivity contribution in [3.8, 4) is 0 Å². The highest BCUT2D eigenvalue weighted by atomic mass is 16.2. The maximum absolute atomic E-state index is 13.0. The van der Waals surface area contributed by atoms with Gasteiger partial charge in [-0.2, -0.15) is 0 Å². The van der Waals surface area contributed by atoms with E-state index in [-0.39, 0.29) is 17.9 Å². The van der Waals surface area contributed by atoms with E-state index in [0.717, 1.165) is 45.9 Å². The molecule has 8 heteroatoms. The third kappa shape index (κ3) is 3.97. The molecule has 3 amide bonds. The molecule has 2 N–H and O–H groups in total. The van der Waals surface area contributed by atoms with E-state index >= 15 is 0 Å². The molecule has 1 aliphatic rings. The topological polar surface area (TPSA) is 94.2 Å². The molecule has 33 heavy (non-hydrogen) atoms. The minimum atomic E-state index is -0.178. The number of carbonyl (C=O) groups excluding carboxylic acids is 2. The van der Waals surface area contributed by atoms with E-state index in [4.69, 9.17) is 4.98 Å². The summed E-state index contributed by atoms with van der Waals surface area (Å²) >= 11 is 0. The molecule has 1 saturated heterocycles. The molecule has 8 nitrogen and oxygen atoms in total. The van der Waals surface area contributed by atoms with Crippen LogP contribution >= 0.6 is 0 Å². The number of benzene rings is 2. The first-order valence-electron chi connectivity index (χ1n) is 11.6. The largest absolute Gasteiger partial charge is 0.343 e. The van der Waals surface area contributed by atoms with E-state index in [1.165, 1.54) is 0 Å². The lowest BCUT2D eigenvalue weighted by molar-refractivity contribution is -0.136. The fraction of sp³-hybridized carbons (Fsp3) is 0.360. The van der Waals surface area contributed by atoms with Gasteiger partial charge in [0.2, 0.25) is 5.91 Å². The molecule has 0 bridgehead atoms. The van der Waals surface area contributed by atoms with Crippen LogP contribution in [0.1, 0.15) is 26.7 Å². The summed E-state index contributed by atoms with van der Waals surface area (Å²) in [5.74, 6) is 0.00701. The average Bonchev–Trinajstić information content (AvgIpc) is 3.20. The third-order valence-electron chi connectivity index (χ3n) is 6.48. The van der Waals surface area contributed by atoms with E-state index in [2.05, 4.69) is 15.3 Å². The predicted molar refractivity (Wildman–Crippen MR) is 130 cm³/mol. The van der Waals surface area contributed by atoms with Crippen molar-refractivity contribution in [1.82, 2.24) is 24.8 Å². The fourth-order valence-electron chi connectivity index (χ4n) is 4.69. The summed E-state index contributed by atoms with van der Waals surface area (Å²) in [6, 6.07) is 13.3. The number of para-hydroxylation sites is 2. The van der Waals surface area contributed by atoms with Crippen molar-refractivity contribution in [2.24, 2.45) is 5.92 Å². The molecule has 3 heterocycles. The molecule has 1 fully saturated rings. The van der Waals surface area contributed by atoms with Gasteiger partial charge in [-0.1, -0.05) is 12.1 Å². The number of hydrogen-bond donors (Lipinski definition) is 2. The zero-order valence-corrected chi connectivity index (χ0v) is 19.0. The van der Waals surface area contributed by atoms with Crippen LogP contribution in [0.3, 0.4) is 0 Å². The summed E-state index contributed by atoms with van der Waals surface area (Å²) in [5, 5.41) is 3.92. The summed E-state index contributed by atoms with van der Waals surface area (Å²) in [6.45, 7) is 6.47. The Morgan fingerprint density at radius 2 is 1.88 bits per heavy atom. The van der Waals surface area contributed by atoms with E-state index in [1.807, 2.05) is 61.2 Å². The number of piperidine rings is 1. The number of H-pyrrole nitrogens is 1. The number of fused-ring (bicyclic) bond motifs is 4. The standard InChI is InChI=1S/C25H28N6O2/c1-3-30(4-2)24(32)16-8-7-13-31(15-16)25(33)26-17-11-12-19-18(14-17)22-23(28-19)29-21-10-6-5-9-20(21)27-22/h5-6,9-12,14,16H,3-4,7-8,13,15H2,1-2H3,(H,26,33)(H,28,29)/t16-/m1/s1. The number of anilines is 1. The Hall–Kier alpha value is -3.68. The van der Waals surface area contributed by atoms with Crippen molar-refractivity contribution >= 4 is 50.7 Å². The van der Waals surface area contributed by atoms with Crippen LogP contribution in [0.15, 0.2) is 42.5 Å². The zero-order chi connectivity index (χ0) is 22.9. The summed E-state index contributed by atoms with van der Waals surface area (Å²) in [6.07, 6.45) is 1.66. The molecule has 1 aliphatic heterocycles. The van der Waals surface area contributed by atoms with Crippen LogP contribution < -0.4 is 5.32 Å². The lowest BCUT2D eigenvalue weighted by Gasteiger charge is -2.34. The molecule has 0 radical (unpaired) electrons. The second-order valence-electron chi connectivity index (χ2n) is 8.52. The van der Waals surface area contributed by atoms with Gasteiger partial charge in [-0.05, 0) is 57.0 Å². The van der Waals surface area contributed by atoms with Crippen molar-refractivity contribution in [2.45, 2.75) is 26.7 Å². The molecular formula is C25H28N6O2. The Labute approximate surface area is 192 Å². The van der Waals surface area contributed by atoms with Gasteiger partial charge >= 0.3 is 6.03 Å². The Balaban J connectivity index is 1.37. The molecule has 2 aromatic carbocycles. The van der Waals surface area contributed by atoms with Crippen LogP contribution in [0, 0.1) is 5.92 Å². The first kappa shape index (κ1) is 21.2. The third-order valence-corrected chi connectivity index (χ3v) is 6.48. The van der Waals surface area contributed by atoms with Gasteiger partial charge in [0, 0.05) is 42.8 Å². The van der Waals surface area contributed by atoms with Gasteiger partial charge in [-0.25, -0.2) is 14.8 Å². The lowest BCUT2D eigenvalue weighted by atomic mass is 9.96. The molecule has 0 spiro atoms. The minimum absolute atomic E-state index is 0.135. The summed E-state index contributed by atoms with van der Waals surface area (Å²) in [7, 11) is 0. The van der Waals surface area contributed by atoms with Crippen molar-refractivity contribution < 1.29 is 9.59 Å². The van der Waals surface area contributed by atoms with Gasteiger partial charge in [0.15, 0.2) is 5.65 Å². The molecule has 0 unspecified atom stereocenters. The van der Waals surface area contributed by atoms with Gasteiger partial charge in [0.05, 0.1) is 17.0 Å². The number of nitrogens with zero attached hydrogens (tertiary/aromatic N) is 4. The SMILES string of the molecule is CCN(CC)C(=O)[C@@H]1CCCN(C(=O)Nc2ccc3[nH]c4nc5ccccc5nc4c3c2)C1. The van der Waals surface area contributed by atoms with Crippen LogP contribution in [-0.4, -0.2) is 62.9 Å². The molecule has 170 valence electrons. The minimum Gasteiger partial charge on any atom is -0.343 e. The molecular weight excluding hydrogens is 416 g/mol. The fourth-order valence-corrected chi connectivity index (χ4v) is 4.69. The van der Waals surface area contributed by atoms with E-state index < -0.39 is 0 Å². The normalized spacial score (nSPS) is 16.4. The molecule has 0 aliphatic carbocycles. The Kier molecular flexibility index (Phi) is 5.58. The van der Waals surface area contributed by atoms with Crippen LogP contribution in [-0.2, 0) is 4.79 Å². The van der Waals surface area contributed by atoms with Gasteiger partial charge in [0.1, 0.15) is 5.52 Å². The Morgan fingerprint density at radius 1 is 1.12 bits per heavy atom. The number of hydrogen-bond acceptors (Lipinski definition) is 4. The van der Waals surface area contributed by atoms with Crippen molar-refractivity contribution in [1.29, 1.82) is 0 Å². The van der Waals surface area contributed by atoms with Crippen LogP contribution in [0.2, 0.25) is 0 Å². The van der Waals surface area contributed by atoms with Gasteiger partial charge in [-0.15, -0.1) is 0 Å². The average molecular weight is 445 g/mol. The highest BCUT2D eigenvalue weighted by Crippen LogP contribution is 2.28. The monoisotopic (exact) mass is 444 g/mol. The number of rotatable bonds is 4. The van der Waals surface area contributed by atoms with E-state index in [9.17, 15) is 9.59 Å². The highest BCUT2D eigenvalue weighted by Gasteiger charge is 2.30. The maximum Gasteiger partial charge on any atom is 0.321 e. The first-order chi connectivity index (χ1) is 16.1. The number of carbonyl (C=O) groups is 2. The lowest BCUT2D eigenvalue weighted by Crippen LogP contribution is -2.47. The Morgan fingerprint density at radius 3 is 2.64 bits per heavy atom. The van der Waals surface area contributed by atoms with E-state index in [1.54, 1.807) is 4.90 Å². The van der Waals surface area contributed by atoms with Crippen molar-refractivity contribution in [3.05, 3.63) is 42.5 Å². The zero-order valence-electron chi connectivity index (χ0n) is 19.0. The van der Waals surface area contributed by atoms with Gasteiger partial charge in [-0.3, -0.25) is 4.79 Å². The number of aromatic nitrogens is 3. The molecule has 2 aromatic heterocycles. The summed E-state index contributed by atoms with van der Waals surface area (Å²) in [5.41, 5.74) is 4.78. The van der Waals surface area contributed by atoms with Crippen molar-refractivity contribution in [3.63, 3.8) is 0 Å². The summed E-state index contributed by atoms with van der Waals surface area (Å²) < 4.78 is 0. The molecule has 5 rings (SSSR count). The van der Waals surface area contributed by atoms with Crippen LogP contribution in [0.4, 0.5) is 10.5 Å². The second kappa shape index (κ2) is 8.69.